The van der Waals surface area contributed by atoms with Crippen LogP contribution < -0.4 is 10.5 Å². The van der Waals surface area contributed by atoms with E-state index in [2.05, 4.69) is 17.9 Å². The van der Waals surface area contributed by atoms with E-state index in [1.165, 1.54) is 0 Å². The van der Waals surface area contributed by atoms with E-state index < -0.39 is 11.9 Å². The molecule has 3 atom stereocenters. The first-order chi connectivity index (χ1) is 18.8. The van der Waals surface area contributed by atoms with Crippen molar-refractivity contribution in [2.45, 2.75) is 57.4 Å². The lowest BCUT2D eigenvalue weighted by Crippen LogP contribution is -2.46. The third-order valence-corrected chi connectivity index (χ3v) is 8.53. The van der Waals surface area contributed by atoms with Crippen LogP contribution in [0.1, 0.15) is 56.1 Å². The fourth-order valence-corrected chi connectivity index (χ4v) is 6.26. The number of unbranched alkanes of at least 4 members (excludes halogenated alkanes) is 2. The number of hydrogen-bond donors (Lipinski definition) is 2. The van der Waals surface area contributed by atoms with Gasteiger partial charge in [0, 0.05) is 64.7 Å². The maximum Gasteiger partial charge on any atom is 0.319 e. The van der Waals surface area contributed by atoms with Crippen LogP contribution in [-0.2, 0) is 16.0 Å². The fraction of sp³-hybridized carbons (Fsp3) is 0.690. The molecule has 0 bridgehead atoms. The molecule has 0 saturated carbocycles. The molecule has 3 aliphatic rings. The van der Waals surface area contributed by atoms with Crippen LogP contribution in [0.15, 0.2) is 18.2 Å². The number of fused-ring (bicyclic) bond motifs is 1. The van der Waals surface area contributed by atoms with Gasteiger partial charge in [0.1, 0.15) is 5.75 Å². The minimum absolute atomic E-state index is 0.0247. The number of carboxylic acids is 1. The van der Waals surface area contributed by atoms with Crippen LogP contribution in [0.5, 0.6) is 5.75 Å². The molecule has 0 spiro atoms. The van der Waals surface area contributed by atoms with Crippen molar-refractivity contribution < 1.29 is 24.2 Å². The fourth-order valence-electron chi connectivity index (χ4n) is 6.26. The largest absolute Gasteiger partial charge is 0.493 e. The number of carboxylic acid groups (broad SMARTS) is 1. The smallest absolute Gasteiger partial charge is 0.319 e. The zero-order valence-corrected chi connectivity index (χ0v) is 23.5. The van der Waals surface area contributed by atoms with Gasteiger partial charge in [0.25, 0.3) is 0 Å². The Morgan fingerprint density at radius 1 is 1.18 bits per heavy atom. The summed E-state index contributed by atoms with van der Waals surface area (Å²) in [7, 11) is 1.78. The normalized spacial score (nSPS) is 22.8. The van der Waals surface area contributed by atoms with Crippen LogP contribution in [0.4, 0.5) is 4.79 Å². The Balaban J connectivity index is 1.56. The van der Waals surface area contributed by atoms with E-state index in [0.717, 1.165) is 49.0 Å². The predicted octanol–water partition coefficient (Wildman–Crippen LogP) is 2.22. The van der Waals surface area contributed by atoms with Gasteiger partial charge in [-0.05, 0) is 49.4 Å². The first-order valence-electron chi connectivity index (χ1n) is 14.5. The maximum atomic E-state index is 13.6. The van der Waals surface area contributed by atoms with Gasteiger partial charge in [-0.1, -0.05) is 25.5 Å². The van der Waals surface area contributed by atoms with Gasteiger partial charge in [-0.3, -0.25) is 14.5 Å². The third kappa shape index (κ3) is 6.84. The highest BCUT2D eigenvalue weighted by molar-refractivity contribution is 5.79. The van der Waals surface area contributed by atoms with E-state index in [4.69, 9.17) is 10.5 Å². The number of nitrogens with two attached hydrogens (primary N) is 1. The standard InChI is InChI=1S/C29H45N5O5/c1-3-4-12-32(13-6-5-11-30)26(35)20-34-19-23(21-7-8-25-22(18-21)10-17-39-25)27(28(36)37)24(34)9-14-33-16-15-31(2)29(33)38/h7-8,18,23-24,27H,3-6,9-17,19-20,30H2,1-2H3,(H,36,37). The molecule has 3 aliphatic heterocycles. The Labute approximate surface area is 232 Å². The molecule has 1 aromatic carbocycles. The van der Waals surface area contributed by atoms with E-state index in [-0.39, 0.29) is 30.4 Å². The van der Waals surface area contributed by atoms with Crippen LogP contribution in [-0.4, -0.2) is 115 Å². The molecule has 2 saturated heterocycles. The summed E-state index contributed by atoms with van der Waals surface area (Å²) in [5.41, 5.74) is 7.78. The SMILES string of the molecule is CCCCN(CCCCN)C(=O)CN1CC(c2ccc3c(c2)CCO3)C(C(=O)O)C1CCN1CCN(C)C1=O. The van der Waals surface area contributed by atoms with Crippen LogP contribution in [0.2, 0.25) is 0 Å². The Morgan fingerprint density at radius 3 is 2.67 bits per heavy atom. The summed E-state index contributed by atoms with van der Waals surface area (Å²) >= 11 is 0. The van der Waals surface area contributed by atoms with Gasteiger partial charge in [0.15, 0.2) is 0 Å². The molecule has 10 nitrogen and oxygen atoms in total. The summed E-state index contributed by atoms with van der Waals surface area (Å²) in [6.07, 6.45) is 4.98. The van der Waals surface area contributed by atoms with Crippen molar-refractivity contribution in [3.05, 3.63) is 29.3 Å². The Morgan fingerprint density at radius 2 is 1.97 bits per heavy atom. The minimum Gasteiger partial charge on any atom is -0.493 e. The molecule has 2 fully saturated rings. The third-order valence-electron chi connectivity index (χ3n) is 8.53. The number of likely N-dealkylation sites (N-methyl/N-ethyl adjacent to an activating group) is 1. The van der Waals surface area contributed by atoms with Gasteiger partial charge >= 0.3 is 12.0 Å². The zero-order valence-electron chi connectivity index (χ0n) is 23.5. The number of carbonyl (C=O) groups is 3. The number of urea groups is 1. The minimum atomic E-state index is -0.854. The Bertz CT molecular complexity index is 1020. The highest BCUT2D eigenvalue weighted by atomic mass is 16.5. The predicted molar refractivity (Wildman–Crippen MR) is 149 cm³/mol. The van der Waals surface area contributed by atoms with Crippen LogP contribution in [0, 0.1) is 5.92 Å². The average molecular weight is 544 g/mol. The van der Waals surface area contributed by atoms with Crippen molar-refractivity contribution in [1.29, 1.82) is 0 Å². The van der Waals surface area contributed by atoms with Crippen LogP contribution in [0.3, 0.4) is 0 Å². The summed E-state index contributed by atoms with van der Waals surface area (Å²) in [4.78, 5) is 46.4. The molecular formula is C29H45N5O5. The van der Waals surface area contributed by atoms with E-state index >= 15 is 0 Å². The first-order valence-corrected chi connectivity index (χ1v) is 14.5. The van der Waals surface area contributed by atoms with Gasteiger partial charge in [0.05, 0.1) is 19.1 Å². The molecule has 10 heteroatoms. The number of nitrogens with zero attached hydrogens (tertiary/aromatic N) is 4. The summed E-state index contributed by atoms with van der Waals surface area (Å²) in [6.45, 7) is 7.17. The van der Waals surface area contributed by atoms with Crippen molar-refractivity contribution >= 4 is 17.9 Å². The van der Waals surface area contributed by atoms with Crippen molar-refractivity contribution in [1.82, 2.24) is 19.6 Å². The molecule has 0 aliphatic carbocycles. The van der Waals surface area contributed by atoms with Crippen molar-refractivity contribution in [3.8, 4) is 5.75 Å². The number of carbonyl (C=O) groups excluding carboxylic acids is 2. The molecule has 1 aromatic rings. The number of rotatable bonds is 14. The second-order valence-corrected chi connectivity index (χ2v) is 11.1. The number of hydrogen-bond acceptors (Lipinski definition) is 6. The van der Waals surface area contributed by atoms with Gasteiger partial charge in [-0.2, -0.15) is 0 Å². The quantitative estimate of drug-likeness (QED) is 0.345. The molecule has 4 rings (SSSR count). The molecule has 3 unspecified atom stereocenters. The van der Waals surface area contributed by atoms with E-state index in [1.807, 2.05) is 17.0 Å². The molecule has 3 N–H and O–H groups in total. The molecular weight excluding hydrogens is 498 g/mol. The van der Waals surface area contributed by atoms with Crippen molar-refractivity contribution in [2.24, 2.45) is 11.7 Å². The molecule has 39 heavy (non-hydrogen) atoms. The highest BCUT2D eigenvalue weighted by Crippen LogP contribution is 2.41. The Kier molecular flexibility index (Phi) is 10.1. The van der Waals surface area contributed by atoms with Gasteiger partial charge < -0.3 is 30.3 Å². The molecule has 216 valence electrons. The summed E-state index contributed by atoms with van der Waals surface area (Å²) in [6, 6.07) is 5.64. The number of likely N-dealkylation sites (tertiary alicyclic amines) is 1. The summed E-state index contributed by atoms with van der Waals surface area (Å²) in [5.74, 6) is -0.866. The topological polar surface area (TPSA) is 120 Å². The lowest BCUT2D eigenvalue weighted by atomic mass is 9.83. The van der Waals surface area contributed by atoms with E-state index in [0.29, 0.717) is 58.8 Å². The van der Waals surface area contributed by atoms with Gasteiger partial charge in [-0.25, -0.2) is 4.79 Å². The number of benzene rings is 1. The first kappa shape index (κ1) is 29.1. The average Bonchev–Trinajstić information content (AvgIpc) is 3.62. The van der Waals surface area contributed by atoms with Crippen LogP contribution >= 0.6 is 0 Å². The molecule has 3 amide bonds. The highest BCUT2D eigenvalue weighted by Gasteiger charge is 2.47. The molecule has 3 heterocycles. The number of ether oxygens (including phenoxy) is 1. The van der Waals surface area contributed by atoms with E-state index in [9.17, 15) is 19.5 Å². The zero-order chi connectivity index (χ0) is 27.9. The Hall–Kier alpha value is -2.85. The second-order valence-electron chi connectivity index (χ2n) is 11.1. The molecule has 0 radical (unpaired) electrons. The lowest BCUT2D eigenvalue weighted by molar-refractivity contribution is -0.144. The van der Waals surface area contributed by atoms with Gasteiger partial charge in [-0.15, -0.1) is 0 Å². The van der Waals surface area contributed by atoms with Crippen molar-refractivity contribution in [3.63, 3.8) is 0 Å². The van der Waals surface area contributed by atoms with Crippen molar-refractivity contribution in [2.75, 3.05) is 66.0 Å². The summed E-state index contributed by atoms with van der Waals surface area (Å²) in [5, 5.41) is 10.5. The number of amides is 3. The van der Waals surface area contributed by atoms with Gasteiger partial charge in [0.2, 0.25) is 5.91 Å². The maximum absolute atomic E-state index is 13.6. The van der Waals surface area contributed by atoms with E-state index in [1.54, 1.807) is 16.8 Å². The summed E-state index contributed by atoms with van der Waals surface area (Å²) < 4.78 is 5.67. The lowest BCUT2D eigenvalue weighted by Gasteiger charge is -2.30. The van der Waals surface area contributed by atoms with Crippen LogP contribution in [0.25, 0.3) is 0 Å². The molecule has 0 aromatic heterocycles. The number of aliphatic carboxylic acids is 1. The monoisotopic (exact) mass is 543 g/mol. The second kappa shape index (κ2) is 13.5.